The lowest BCUT2D eigenvalue weighted by Gasteiger charge is -2.16. The number of rotatable bonds is 6. The summed E-state index contributed by atoms with van der Waals surface area (Å²) in [6.45, 7) is 0.789. The Morgan fingerprint density at radius 1 is 1.14 bits per heavy atom. The molecule has 4 heteroatoms. The Labute approximate surface area is 124 Å². The molecular weight excluding hydrogens is 269 g/mol. The van der Waals surface area contributed by atoms with Crippen molar-refractivity contribution >= 4 is 5.78 Å². The summed E-state index contributed by atoms with van der Waals surface area (Å²) in [5, 5.41) is 0. The zero-order chi connectivity index (χ0) is 15.2. The van der Waals surface area contributed by atoms with Gasteiger partial charge in [-0.25, -0.2) is 4.39 Å². The molecule has 21 heavy (non-hydrogen) atoms. The zero-order valence-electron chi connectivity index (χ0n) is 12.2. The molecule has 0 heterocycles. The Kier molecular flexibility index (Phi) is 5.06. The summed E-state index contributed by atoms with van der Waals surface area (Å²) in [5.74, 6) is 0.105. The third-order valence-corrected chi connectivity index (χ3v) is 3.20. The van der Waals surface area contributed by atoms with Crippen LogP contribution in [0.5, 0.6) is 5.75 Å². The Morgan fingerprint density at radius 2 is 1.81 bits per heavy atom. The molecule has 0 saturated heterocycles. The maximum Gasteiger partial charge on any atom is 0.179 e. The summed E-state index contributed by atoms with van der Waals surface area (Å²) in [5.41, 5.74) is 1.21. The quantitative estimate of drug-likeness (QED) is 0.764. The van der Waals surface area contributed by atoms with Gasteiger partial charge in [-0.15, -0.1) is 0 Å². The predicted molar refractivity (Wildman–Crippen MR) is 80.1 cm³/mol. The molecule has 0 aliphatic rings. The molecule has 0 bridgehead atoms. The second-order valence-electron chi connectivity index (χ2n) is 4.92. The van der Waals surface area contributed by atoms with Crippen LogP contribution in [0.4, 0.5) is 4.39 Å². The lowest BCUT2D eigenvalue weighted by Crippen LogP contribution is -2.26. The maximum atomic E-state index is 13.5. The van der Waals surface area contributed by atoms with E-state index in [2.05, 4.69) is 0 Å². The average molecular weight is 287 g/mol. The highest BCUT2D eigenvalue weighted by Gasteiger charge is 2.13. The van der Waals surface area contributed by atoms with Crippen molar-refractivity contribution in [1.82, 2.24) is 4.90 Å². The van der Waals surface area contributed by atoms with Gasteiger partial charge in [-0.05, 0) is 36.9 Å². The SMILES string of the molecule is COc1ccc(CN(C)CC(=O)c2ccccc2F)cc1. The van der Waals surface area contributed by atoms with Gasteiger partial charge in [0.15, 0.2) is 5.78 Å². The molecule has 0 saturated carbocycles. The largest absolute Gasteiger partial charge is 0.497 e. The van der Waals surface area contributed by atoms with E-state index in [1.165, 1.54) is 12.1 Å². The first-order valence-corrected chi connectivity index (χ1v) is 6.69. The fourth-order valence-electron chi connectivity index (χ4n) is 2.12. The summed E-state index contributed by atoms with van der Waals surface area (Å²) in [7, 11) is 3.46. The number of Topliss-reactive ketones (excluding diaryl/α,β-unsaturated/α-hetero) is 1. The lowest BCUT2D eigenvalue weighted by atomic mass is 10.1. The van der Waals surface area contributed by atoms with Gasteiger partial charge in [0, 0.05) is 6.54 Å². The van der Waals surface area contributed by atoms with Crippen LogP contribution in [0.3, 0.4) is 0 Å². The number of halogens is 1. The van der Waals surface area contributed by atoms with E-state index in [1.54, 1.807) is 19.2 Å². The molecule has 110 valence electrons. The molecule has 0 fully saturated rings. The van der Waals surface area contributed by atoms with Crippen LogP contribution < -0.4 is 4.74 Å². The fraction of sp³-hybridized carbons (Fsp3) is 0.235. The van der Waals surface area contributed by atoms with Crippen molar-refractivity contribution < 1.29 is 13.9 Å². The van der Waals surface area contributed by atoms with Crippen molar-refractivity contribution in [2.75, 3.05) is 20.7 Å². The van der Waals surface area contributed by atoms with Crippen LogP contribution in [0.2, 0.25) is 0 Å². The molecule has 0 aliphatic heterocycles. The normalized spacial score (nSPS) is 10.7. The van der Waals surface area contributed by atoms with E-state index >= 15 is 0 Å². The van der Waals surface area contributed by atoms with E-state index in [1.807, 2.05) is 36.2 Å². The van der Waals surface area contributed by atoms with Crippen LogP contribution in [0.25, 0.3) is 0 Å². The summed E-state index contributed by atoms with van der Waals surface area (Å²) >= 11 is 0. The van der Waals surface area contributed by atoms with Crippen molar-refractivity contribution in [2.24, 2.45) is 0 Å². The topological polar surface area (TPSA) is 29.5 Å². The van der Waals surface area contributed by atoms with Crippen LogP contribution in [0.1, 0.15) is 15.9 Å². The van der Waals surface area contributed by atoms with Gasteiger partial charge >= 0.3 is 0 Å². The fourth-order valence-corrected chi connectivity index (χ4v) is 2.12. The smallest absolute Gasteiger partial charge is 0.179 e. The Balaban J connectivity index is 1.96. The number of hydrogen-bond acceptors (Lipinski definition) is 3. The molecule has 0 N–H and O–H groups in total. The average Bonchev–Trinajstić information content (AvgIpc) is 2.48. The third-order valence-electron chi connectivity index (χ3n) is 3.20. The van der Waals surface area contributed by atoms with E-state index in [-0.39, 0.29) is 17.9 Å². The Hall–Kier alpha value is -2.20. The number of benzene rings is 2. The second-order valence-corrected chi connectivity index (χ2v) is 4.92. The first-order chi connectivity index (χ1) is 10.1. The number of nitrogens with zero attached hydrogens (tertiary/aromatic N) is 1. The first kappa shape index (κ1) is 15.2. The maximum absolute atomic E-state index is 13.5. The molecule has 0 atom stereocenters. The first-order valence-electron chi connectivity index (χ1n) is 6.69. The lowest BCUT2D eigenvalue weighted by molar-refractivity contribution is 0.0939. The van der Waals surface area contributed by atoms with Crippen molar-refractivity contribution in [3.8, 4) is 5.75 Å². The van der Waals surface area contributed by atoms with Gasteiger partial charge in [0.25, 0.3) is 0 Å². The summed E-state index contributed by atoms with van der Waals surface area (Å²) in [4.78, 5) is 13.9. The molecule has 0 unspecified atom stereocenters. The minimum Gasteiger partial charge on any atom is -0.497 e. The van der Waals surface area contributed by atoms with Crippen molar-refractivity contribution in [1.29, 1.82) is 0 Å². The van der Waals surface area contributed by atoms with Gasteiger partial charge in [-0.3, -0.25) is 9.69 Å². The van der Waals surface area contributed by atoms with Gasteiger partial charge in [-0.1, -0.05) is 24.3 Å². The summed E-state index contributed by atoms with van der Waals surface area (Å²) in [6, 6.07) is 13.7. The number of carbonyl (C=O) groups excluding carboxylic acids is 1. The van der Waals surface area contributed by atoms with Crippen LogP contribution in [0.15, 0.2) is 48.5 Å². The van der Waals surface area contributed by atoms with Gasteiger partial charge in [-0.2, -0.15) is 0 Å². The van der Waals surface area contributed by atoms with Crippen molar-refractivity contribution in [3.05, 3.63) is 65.5 Å². The number of ketones is 1. The van der Waals surface area contributed by atoms with Gasteiger partial charge in [0.1, 0.15) is 11.6 Å². The van der Waals surface area contributed by atoms with Gasteiger partial charge in [0.05, 0.1) is 19.2 Å². The van der Waals surface area contributed by atoms with E-state index < -0.39 is 5.82 Å². The molecule has 2 aromatic carbocycles. The number of likely N-dealkylation sites (N-methyl/N-ethyl adjacent to an activating group) is 1. The third kappa shape index (κ3) is 4.13. The molecule has 0 aromatic heterocycles. The Morgan fingerprint density at radius 3 is 2.43 bits per heavy atom. The molecule has 2 rings (SSSR count). The molecular formula is C17H18FNO2. The van der Waals surface area contributed by atoms with Crippen molar-refractivity contribution in [3.63, 3.8) is 0 Å². The second kappa shape index (κ2) is 6.99. The molecule has 0 spiro atoms. The highest BCUT2D eigenvalue weighted by atomic mass is 19.1. The van der Waals surface area contributed by atoms with Gasteiger partial charge in [0.2, 0.25) is 0 Å². The highest BCUT2D eigenvalue weighted by Crippen LogP contribution is 2.13. The van der Waals surface area contributed by atoms with Crippen LogP contribution in [-0.4, -0.2) is 31.4 Å². The molecule has 2 aromatic rings. The van der Waals surface area contributed by atoms with E-state index in [4.69, 9.17) is 4.74 Å². The van der Waals surface area contributed by atoms with E-state index in [9.17, 15) is 9.18 Å². The molecule has 3 nitrogen and oxygen atoms in total. The van der Waals surface area contributed by atoms with Crippen LogP contribution in [0, 0.1) is 5.82 Å². The van der Waals surface area contributed by atoms with Crippen molar-refractivity contribution in [2.45, 2.75) is 6.54 Å². The summed E-state index contributed by atoms with van der Waals surface area (Å²) in [6.07, 6.45) is 0. The van der Waals surface area contributed by atoms with Crippen LogP contribution >= 0.6 is 0 Å². The predicted octanol–water partition coefficient (Wildman–Crippen LogP) is 3.15. The highest BCUT2D eigenvalue weighted by molar-refractivity contribution is 5.97. The molecule has 0 amide bonds. The van der Waals surface area contributed by atoms with Gasteiger partial charge < -0.3 is 4.74 Å². The molecule has 0 aliphatic carbocycles. The Bertz CT molecular complexity index is 610. The zero-order valence-corrected chi connectivity index (χ0v) is 12.2. The standard InChI is InChI=1S/C17H18FNO2/c1-19(11-13-7-9-14(21-2)10-8-13)12-17(20)15-5-3-4-6-16(15)18/h3-10H,11-12H2,1-2H3. The molecule has 0 radical (unpaired) electrons. The van der Waals surface area contributed by atoms with Crippen LogP contribution in [-0.2, 0) is 6.54 Å². The summed E-state index contributed by atoms with van der Waals surface area (Å²) < 4.78 is 18.6. The number of ether oxygens (including phenoxy) is 1. The number of methoxy groups -OCH3 is 1. The monoisotopic (exact) mass is 287 g/mol. The minimum atomic E-state index is -0.472. The van der Waals surface area contributed by atoms with E-state index in [0.717, 1.165) is 11.3 Å². The van der Waals surface area contributed by atoms with E-state index in [0.29, 0.717) is 6.54 Å². The number of hydrogen-bond donors (Lipinski definition) is 0. The minimum absolute atomic E-state index is 0.138. The number of carbonyl (C=O) groups is 1.